The van der Waals surface area contributed by atoms with E-state index >= 15 is 0 Å². The topological polar surface area (TPSA) is 101 Å². The molecular weight excluding hydrogens is 497 g/mol. The minimum Gasteiger partial charge on any atom is -0.493 e. The zero-order chi connectivity index (χ0) is 25.9. The molecule has 1 aliphatic heterocycles. The number of nitrogens with one attached hydrogen (secondary N) is 1. The summed E-state index contributed by atoms with van der Waals surface area (Å²) in [5.41, 5.74) is -1.40. The van der Waals surface area contributed by atoms with Crippen LogP contribution in [0.2, 0.25) is 0 Å². The van der Waals surface area contributed by atoms with Crippen molar-refractivity contribution in [2.45, 2.75) is 31.0 Å². The number of carbonyl (C=O) groups excluding carboxylic acids is 1. The van der Waals surface area contributed by atoms with Crippen molar-refractivity contribution in [1.29, 1.82) is 0 Å². The van der Waals surface area contributed by atoms with E-state index in [4.69, 9.17) is 4.74 Å². The summed E-state index contributed by atoms with van der Waals surface area (Å²) >= 11 is 0. The second-order valence-corrected chi connectivity index (χ2v) is 9.83. The summed E-state index contributed by atoms with van der Waals surface area (Å²) in [4.78, 5) is 21.7. The first-order valence-electron chi connectivity index (χ1n) is 11.1. The molecule has 4 bridgehead atoms. The highest BCUT2D eigenvalue weighted by Gasteiger charge is 2.36. The summed E-state index contributed by atoms with van der Waals surface area (Å²) in [6, 6.07) is 12.2. The highest BCUT2D eigenvalue weighted by Crippen LogP contribution is 2.40. The summed E-state index contributed by atoms with van der Waals surface area (Å²) in [6.45, 7) is 2.08. The summed E-state index contributed by atoms with van der Waals surface area (Å²) in [6.07, 6.45) is -3.64. The number of sulfonamides is 1. The van der Waals surface area contributed by atoms with Crippen LogP contribution < -0.4 is 14.4 Å². The molecule has 3 heterocycles. The lowest BCUT2D eigenvalue weighted by Crippen LogP contribution is -2.31. The summed E-state index contributed by atoms with van der Waals surface area (Å²) < 4.78 is 75.7. The van der Waals surface area contributed by atoms with Crippen LogP contribution in [0.5, 0.6) is 5.75 Å². The average molecular weight is 521 g/mol. The van der Waals surface area contributed by atoms with Crippen molar-refractivity contribution in [3.8, 4) is 17.0 Å². The number of para-hydroxylation sites is 1. The number of fused-ring (bicyclic) bond motifs is 6. The van der Waals surface area contributed by atoms with Crippen LogP contribution in [-0.2, 0) is 21.0 Å². The largest absolute Gasteiger partial charge is 0.493 e. The standard InChI is InChI=1S/C24H23F3N4O4S/c1-16(32)15-31-13-4-5-14-35-19-8-3-2-7-17(19)23-18(24(25,26)27)11-12-20(28-23)30-36(33,34)22-10-6-9-21(31)29-22/h2-3,6-12H,4-5,13-15H2,1H3,(H,28,30). The number of ketones is 1. The molecule has 0 spiro atoms. The predicted molar refractivity (Wildman–Crippen MR) is 127 cm³/mol. The molecule has 3 aromatic rings. The number of hydrogen-bond acceptors (Lipinski definition) is 7. The van der Waals surface area contributed by atoms with Gasteiger partial charge in [-0.3, -0.25) is 9.52 Å². The van der Waals surface area contributed by atoms with Gasteiger partial charge in [-0.2, -0.15) is 21.6 Å². The molecule has 2 aromatic heterocycles. The number of aromatic nitrogens is 2. The van der Waals surface area contributed by atoms with Crippen LogP contribution in [-0.4, -0.2) is 43.9 Å². The van der Waals surface area contributed by atoms with Gasteiger partial charge in [-0.05, 0) is 56.2 Å². The fraction of sp³-hybridized carbons (Fsp3) is 0.292. The fourth-order valence-corrected chi connectivity index (χ4v) is 4.75. The second kappa shape index (κ2) is 10.1. The molecule has 0 aliphatic carbocycles. The molecule has 0 atom stereocenters. The van der Waals surface area contributed by atoms with Crippen molar-refractivity contribution in [1.82, 2.24) is 9.97 Å². The van der Waals surface area contributed by atoms with Crippen LogP contribution in [0.4, 0.5) is 24.8 Å². The predicted octanol–water partition coefficient (Wildman–Crippen LogP) is 4.53. The first kappa shape index (κ1) is 25.4. The lowest BCUT2D eigenvalue weighted by molar-refractivity contribution is -0.137. The van der Waals surface area contributed by atoms with Gasteiger partial charge in [-0.25, -0.2) is 9.97 Å². The zero-order valence-electron chi connectivity index (χ0n) is 19.2. The van der Waals surface area contributed by atoms with E-state index in [9.17, 15) is 26.4 Å². The third-order valence-electron chi connectivity index (χ3n) is 5.38. The van der Waals surface area contributed by atoms with E-state index in [2.05, 4.69) is 14.7 Å². The molecule has 36 heavy (non-hydrogen) atoms. The van der Waals surface area contributed by atoms with E-state index in [1.54, 1.807) is 23.1 Å². The molecule has 0 saturated carbocycles. The van der Waals surface area contributed by atoms with Gasteiger partial charge in [0.1, 0.15) is 23.2 Å². The van der Waals surface area contributed by atoms with Crippen LogP contribution in [0.1, 0.15) is 25.3 Å². The molecule has 1 aliphatic rings. The number of Topliss-reactive ketones (excluding diaryl/α,β-unsaturated/α-hetero) is 1. The molecule has 0 amide bonds. The molecule has 8 nitrogen and oxygen atoms in total. The molecule has 4 rings (SSSR count). The molecule has 0 radical (unpaired) electrons. The first-order valence-corrected chi connectivity index (χ1v) is 12.6. The van der Waals surface area contributed by atoms with Gasteiger partial charge in [0.2, 0.25) is 0 Å². The number of pyridine rings is 2. The Hall–Kier alpha value is -3.67. The minimum atomic E-state index is -4.73. The summed E-state index contributed by atoms with van der Waals surface area (Å²) in [7, 11) is -4.31. The number of anilines is 2. The Morgan fingerprint density at radius 3 is 2.58 bits per heavy atom. The van der Waals surface area contributed by atoms with E-state index < -0.39 is 27.5 Å². The number of ether oxygens (including phenoxy) is 1. The number of nitrogens with zero attached hydrogens (tertiary/aromatic N) is 3. The van der Waals surface area contributed by atoms with Gasteiger partial charge in [0.05, 0.1) is 24.4 Å². The summed E-state index contributed by atoms with van der Waals surface area (Å²) in [5, 5.41) is -0.354. The van der Waals surface area contributed by atoms with Crippen LogP contribution in [0.15, 0.2) is 59.6 Å². The first-order chi connectivity index (χ1) is 17.0. The van der Waals surface area contributed by atoms with Gasteiger partial charge < -0.3 is 9.64 Å². The number of benzene rings is 1. The Morgan fingerprint density at radius 2 is 1.83 bits per heavy atom. The maximum atomic E-state index is 13.8. The van der Waals surface area contributed by atoms with Crippen molar-refractivity contribution in [2.75, 3.05) is 29.3 Å². The quantitative estimate of drug-likeness (QED) is 0.530. The highest BCUT2D eigenvalue weighted by atomic mass is 32.2. The van der Waals surface area contributed by atoms with Crippen LogP contribution >= 0.6 is 0 Å². The van der Waals surface area contributed by atoms with E-state index in [1.165, 1.54) is 31.2 Å². The molecule has 1 N–H and O–H groups in total. The van der Waals surface area contributed by atoms with Gasteiger partial charge in [-0.1, -0.05) is 18.2 Å². The monoisotopic (exact) mass is 520 g/mol. The van der Waals surface area contributed by atoms with Crippen molar-refractivity contribution in [2.24, 2.45) is 0 Å². The molecule has 12 heteroatoms. The maximum absolute atomic E-state index is 13.8. The number of rotatable bonds is 2. The van der Waals surface area contributed by atoms with Crippen LogP contribution in [0, 0.1) is 0 Å². The lowest BCUT2D eigenvalue weighted by atomic mass is 10.0. The van der Waals surface area contributed by atoms with Crippen molar-refractivity contribution in [3.05, 3.63) is 60.2 Å². The number of halogens is 3. The van der Waals surface area contributed by atoms with Gasteiger partial charge in [0, 0.05) is 12.1 Å². The van der Waals surface area contributed by atoms with Gasteiger partial charge >= 0.3 is 6.18 Å². The van der Waals surface area contributed by atoms with E-state index in [0.717, 1.165) is 12.1 Å². The average Bonchev–Trinajstić information content (AvgIpc) is 2.82. The third kappa shape index (κ3) is 5.76. The second-order valence-electron chi connectivity index (χ2n) is 8.21. The van der Waals surface area contributed by atoms with Crippen molar-refractivity contribution >= 4 is 27.4 Å². The molecule has 190 valence electrons. The lowest BCUT2D eigenvalue weighted by Gasteiger charge is -2.23. The number of carbonyl (C=O) groups is 1. The minimum absolute atomic E-state index is 0.0391. The Balaban J connectivity index is 1.85. The van der Waals surface area contributed by atoms with E-state index in [0.29, 0.717) is 19.4 Å². The Bertz CT molecular complexity index is 1380. The fourth-order valence-electron chi connectivity index (χ4n) is 3.79. The van der Waals surface area contributed by atoms with E-state index in [1.807, 2.05) is 0 Å². The Morgan fingerprint density at radius 1 is 1.06 bits per heavy atom. The van der Waals surface area contributed by atoms with Crippen LogP contribution in [0.3, 0.4) is 0 Å². The Kier molecular flexibility index (Phi) is 7.16. The van der Waals surface area contributed by atoms with Gasteiger partial charge in [-0.15, -0.1) is 0 Å². The van der Waals surface area contributed by atoms with Gasteiger partial charge in [0.25, 0.3) is 10.0 Å². The SMILES string of the molecule is CC(=O)CN1CCCCOc2ccccc2-c2nc(ccc2C(F)(F)F)NS(=O)(=O)c2cccc1n2. The smallest absolute Gasteiger partial charge is 0.418 e. The molecule has 0 unspecified atom stereocenters. The van der Waals surface area contributed by atoms with E-state index in [-0.39, 0.29) is 46.9 Å². The number of alkyl halides is 3. The molecule has 0 fully saturated rings. The van der Waals surface area contributed by atoms with Crippen molar-refractivity contribution in [3.63, 3.8) is 0 Å². The van der Waals surface area contributed by atoms with Crippen molar-refractivity contribution < 1.29 is 31.1 Å². The molecular formula is C24H23F3N4O4S. The van der Waals surface area contributed by atoms with Gasteiger partial charge in [0.15, 0.2) is 5.03 Å². The highest BCUT2D eigenvalue weighted by molar-refractivity contribution is 7.92. The summed E-state index contributed by atoms with van der Waals surface area (Å²) in [5.74, 6) is 0.0412. The zero-order valence-corrected chi connectivity index (χ0v) is 20.1. The van der Waals surface area contributed by atoms with Crippen LogP contribution in [0.25, 0.3) is 11.3 Å². The Labute approximate surface area is 206 Å². The molecule has 0 saturated heterocycles. The normalized spacial score (nSPS) is 15.8. The third-order valence-corrected chi connectivity index (χ3v) is 6.64. The number of hydrogen-bond donors (Lipinski definition) is 1. The molecule has 1 aromatic carbocycles. The maximum Gasteiger partial charge on any atom is 0.418 e.